The van der Waals surface area contributed by atoms with Crippen LogP contribution in [0.4, 0.5) is 5.69 Å². The van der Waals surface area contributed by atoms with Crippen LogP contribution in [0.2, 0.25) is 0 Å². The fraction of sp³-hybridized carbons (Fsp3) is 0.167. The van der Waals surface area contributed by atoms with E-state index < -0.39 is 0 Å². The van der Waals surface area contributed by atoms with E-state index in [0.29, 0.717) is 26.6 Å². The highest BCUT2D eigenvalue weighted by Crippen LogP contribution is 2.22. The first-order chi connectivity index (χ1) is 15.9. The van der Waals surface area contributed by atoms with Crippen LogP contribution >= 0.6 is 23.1 Å². The van der Waals surface area contributed by atoms with E-state index in [2.05, 4.69) is 15.6 Å². The number of benzene rings is 2. The Balaban J connectivity index is 1.43. The number of carbonyl (C=O) groups excluding carboxylic acids is 2. The Labute approximate surface area is 198 Å². The second-order valence-corrected chi connectivity index (χ2v) is 9.22. The summed E-state index contributed by atoms with van der Waals surface area (Å²) in [5, 5.41) is 8.63. The largest absolute Gasteiger partial charge is 0.345 e. The molecule has 2 aromatic carbocycles. The van der Waals surface area contributed by atoms with Gasteiger partial charge in [0.05, 0.1) is 28.4 Å². The number of nitrogens with one attached hydrogen (secondary N) is 2. The number of anilines is 1. The predicted molar refractivity (Wildman–Crippen MR) is 133 cm³/mol. The Hall–Kier alpha value is -3.43. The van der Waals surface area contributed by atoms with E-state index >= 15 is 0 Å². The first-order valence-electron chi connectivity index (χ1n) is 10.3. The van der Waals surface area contributed by atoms with Gasteiger partial charge in [-0.05, 0) is 36.1 Å². The zero-order valence-electron chi connectivity index (χ0n) is 18.1. The van der Waals surface area contributed by atoms with Gasteiger partial charge in [0, 0.05) is 7.05 Å². The van der Waals surface area contributed by atoms with Crippen LogP contribution in [-0.2, 0) is 11.8 Å². The first-order valence-corrected chi connectivity index (χ1v) is 12.1. The second kappa shape index (κ2) is 10.0. The summed E-state index contributed by atoms with van der Waals surface area (Å²) in [6, 6.07) is 18.1. The normalized spacial score (nSPS) is 11.8. The summed E-state index contributed by atoms with van der Waals surface area (Å²) in [6.07, 6.45) is 0. The van der Waals surface area contributed by atoms with Crippen LogP contribution in [0.1, 0.15) is 28.9 Å². The highest BCUT2D eigenvalue weighted by molar-refractivity contribution is 7.99. The van der Waals surface area contributed by atoms with Gasteiger partial charge in [0.2, 0.25) is 5.91 Å². The SMILES string of the molecule is CC(NC(=O)c1ccccc1NC(=O)CSc1nc2sccc2c(=O)n1C)c1ccccc1. The van der Waals surface area contributed by atoms with Crippen LogP contribution in [0.25, 0.3) is 10.2 Å². The van der Waals surface area contributed by atoms with Crippen molar-refractivity contribution in [3.63, 3.8) is 0 Å². The van der Waals surface area contributed by atoms with Gasteiger partial charge >= 0.3 is 0 Å². The Bertz CT molecular complexity index is 1370. The number of carbonyl (C=O) groups is 2. The second-order valence-electron chi connectivity index (χ2n) is 7.39. The third-order valence-electron chi connectivity index (χ3n) is 5.09. The molecule has 2 N–H and O–H groups in total. The number of amides is 2. The van der Waals surface area contributed by atoms with Crippen molar-refractivity contribution in [3.05, 3.63) is 87.5 Å². The summed E-state index contributed by atoms with van der Waals surface area (Å²) in [5.41, 5.74) is 1.66. The van der Waals surface area contributed by atoms with Gasteiger partial charge in [0.25, 0.3) is 11.5 Å². The monoisotopic (exact) mass is 478 g/mol. The van der Waals surface area contributed by atoms with E-state index in [1.165, 1.54) is 27.7 Å². The third-order valence-corrected chi connectivity index (χ3v) is 6.93. The van der Waals surface area contributed by atoms with Crippen LogP contribution in [0.3, 0.4) is 0 Å². The number of hydrogen-bond acceptors (Lipinski definition) is 6. The van der Waals surface area contributed by atoms with Gasteiger partial charge < -0.3 is 10.6 Å². The van der Waals surface area contributed by atoms with Crippen molar-refractivity contribution in [1.29, 1.82) is 0 Å². The van der Waals surface area contributed by atoms with E-state index in [4.69, 9.17) is 0 Å². The predicted octanol–water partition coefficient (Wildman–Crippen LogP) is 4.22. The molecule has 0 bridgehead atoms. The minimum absolute atomic E-state index is 0.0491. The lowest BCUT2D eigenvalue weighted by Gasteiger charge is -2.16. The molecule has 0 saturated heterocycles. The van der Waals surface area contributed by atoms with Gasteiger partial charge in [-0.25, -0.2) is 4.98 Å². The van der Waals surface area contributed by atoms with Gasteiger partial charge in [-0.3, -0.25) is 19.0 Å². The van der Waals surface area contributed by atoms with Crippen molar-refractivity contribution in [3.8, 4) is 0 Å². The molecule has 4 aromatic rings. The van der Waals surface area contributed by atoms with Crippen molar-refractivity contribution >= 4 is 50.8 Å². The van der Waals surface area contributed by atoms with Crippen LogP contribution in [-0.4, -0.2) is 27.1 Å². The maximum Gasteiger partial charge on any atom is 0.262 e. The molecular weight excluding hydrogens is 456 g/mol. The van der Waals surface area contributed by atoms with Gasteiger partial charge in [0.1, 0.15) is 4.83 Å². The zero-order valence-corrected chi connectivity index (χ0v) is 19.7. The number of rotatable bonds is 7. The number of para-hydroxylation sites is 1. The molecule has 7 nitrogen and oxygen atoms in total. The fourth-order valence-corrected chi connectivity index (χ4v) is 4.89. The molecule has 33 heavy (non-hydrogen) atoms. The molecule has 0 spiro atoms. The van der Waals surface area contributed by atoms with Crippen molar-refractivity contribution in [1.82, 2.24) is 14.9 Å². The van der Waals surface area contributed by atoms with Gasteiger partial charge in [-0.1, -0.05) is 54.2 Å². The summed E-state index contributed by atoms with van der Waals surface area (Å²) >= 11 is 2.56. The molecule has 2 amide bonds. The smallest absolute Gasteiger partial charge is 0.262 e. The van der Waals surface area contributed by atoms with Crippen LogP contribution in [0, 0.1) is 0 Å². The zero-order chi connectivity index (χ0) is 23.4. The maximum absolute atomic E-state index is 12.9. The molecule has 0 radical (unpaired) electrons. The molecule has 0 aliphatic heterocycles. The van der Waals surface area contributed by atoms with Crippen LogP contribution in [0.5, 0.6) is 0 Å². The van der Waals surface area contributed by atoms with Gasteiger partial charge in [-0.15, -0.1) is 11.3 Å². The number of aromatic nitrogens is 2. The molecule has 9 heteroatoms. The number of thiophene rings is 1. The number of fused-ring (bicyclic) bond motifs is 1. The Morgan fingerprint density at radius 1 is 1.09 bits per heavy atom. The summed E-state index contributed by atoms with van der Waals surface area (Å²) in [6.45, 7) is 1.91. The molecule has 1 unspecified atom stereocenters. The van der Waals surface area contributed by atoms with Gasteiger partial charge in [0.15, 0.2) is 5.16 Å². The van der Waals surface area contributed by atoms with E-state index in [0.717, 1.165) is 5.56 Å². The molecule has 2 heterocycles. The average molecular weight is 479 g/mol. The number of hydrogen-bond donors (Lipinski definition) is 2. The lowest BCUT2D eigenvalue weighted by atomic mass is 10.1. The van der Waals surface area contributed by atoms with Crippen molar-refractivity contribution < 1.29 is 9.59 Å². The molecular formula is C24H22N4O3S2. The van der Waals surface area contributed by atoms with E-state index in [1.807, 2.05) is 42.6 Å². The molecule has 0 saturated carbocycles. The maximum atomic E-state index is 12.9. The minimum Gasteiger partial charge on any atom is -0.345 e. The average Bonchev–Trinajstić information content (AvgIpc) is 3.30. The molecule has 1 atom stereocenters. The van der Waals surface area contributed by atoms with E-state index in [-0.39, 0.29) is 29.2 Å². The topological polar surface area (TPSA) is 93.1 Å². The van der Waals surface area contributed by atoms with Crippen molar-refractivity contribution in [2.45, 2.75) is 18.1 Å². The highest BCUT2D eigenvalue weighted by Gasteiger charge is 2.17. The molecule has 4 rings (SSSR count). The summed E-state index contributed by atoms with van der Waals surface area (Å²) < 4.78 is 1.44. The van der Waals surface area contributed by atoms with Crippen molar-refractivity contribution in [2.24, 2.45) is 7.05 Å². The Morgan fingerprint density at radius 2 is 1.82 bits per heavy atom. The molecule has 168 valence electrons. The molecule has 2 aromatic heterocycles. The fourth-order valence-electron chi connectivity index (χ4n) is 3.32. The van der Waals surface area contributed by atoms with Crippen molar-refractivity contribution in [2.75, 3.05) is 11.1 Å². The summed E-state index contributed by atoms with van der Waals surface area (Å²) in [4.78, 5) is 43.1. The lowest BCUT2D eigenvalue weighted by Crippen LogP contribution is -2.28. The van der Waals surface area contributed by atoms with Crippen LogP contribution in [0.15, 0.2) is 76.0 Å². The van der Waals surface area contributed by atoms with Crippen LogP contribution < -0.4 is 16.2 Å². The lowest BCUT2D eigenvalue weighted by molar-refractivity contribution is -0.113. The third kappa shape index (κ3) is 5.15. The molecule has 0 aliphatic rings. The van der Waals surface area contributed by atoms with E-state index in [1.54, 1.807) is 37.4 Å². The molecule has 0 fully saturated rings. The standard InChI is InChI=1S/C24H22N4O3S2/c1-15(16-8-4-3-5-9-16)25-21(30)17-10-6-7-11-19(17)26-20(29)14-33-24-27-22-18(12-13-32-22)23(31)28(24)2/h3-13,15H,14H2,1-2H3,(H,25,30)(H,26,29). The highest BCUT2D eigenvalue weighted by atomic mass is 32.2. The summed E-state index contributed by atoms with van der Waals surface area (Å²) in [7, 11) is 1.64. The summed E-state index contributed by atoms with van der Waals surface area (Å²) in [5.74, 6) is -0.521. The molecule has 0 aliphatic carbocycles. The quantitative estimate of drug-likeness (QED) is 0.307. The van der Waals surface area contributed by atoms with Gasteiger partial charge in [-0.2, -0.15) is 0 Å². The van der Waals surface area contributed by atoms with E-state index in [9.17, 15) is 14.4 Å². The Morgan fingerprint density at radius 3 is 2.61 bits per heavy atom. The number of nitrogens with zero attached hydrogens (tertiary/aromatic N) is 2. The Kier molecular flexibility index (Phi) is 6.90. The minimum atomic E-state index is -0.295. The number of thioether (sulfide) groups is 1. The first kappa shape index (κ1) is 22.8.